The van der Waals surface area contributed by atoms with Crippen LogP contribution in [0.3, 0.4) is 0 Å². The number of likely N-dealkylation sites (tertiary alicyclic amines) is 1. The Morgan fingerprint density at radius 3 is 2.25 bits per heavy atom. The zero-order valence-electron chi connectivity index (χ0n) is 12.4. The average Bonchev–Trinajstić information content (AvgIpc) is 2.76. The van der Waals surface area contributed by atoms with Crippen molar-refractivity contribution in [3.05, 3.63) is 26.5 Å². The number of rotatable bonds is 1. The SMILES string of the molecule is CC(C)n1nc2n(c(=O)c1=O)CCC21CCN(C)CC1. The van der Waals surface area contributed by atoms with Crippen LogP contribution in [0.2, 0.25) is 0 Å². The van der Waals surface area contributed by atoms with Gasteiger partial charge in [-0.1, -0.05) is 0 Å². The Labute approximate surface area is 118 Å². The lowest BCUT2D eigenvalue weighted by Gasteiger charge is -2.36. The zero-order chi connectivity index (χ0) is 14.5. The molecule has 6 heteroatoms. The third-order valence-electron chi connectivity index (χ3n) is 4.82. The van der Waals surface area contributed by atoms with Gasteiger partial charge in [-0.2, -0.15) is 5.10 Å². The zero-order valence-corrected chi connectivity index (χ0v) is 12.4. The van der Waals surface area contributed by atoms with Gasteiger partial charge < -0.3 is 4.90 Å². The molecule has 1 spiro atoms. The van der Waals surface area contributed by atoms with Gasteiger partial charge in [-0.15, -0.1) is 0 Å². The van der Waals surface area contributed by atoms with E-state index >= 15 is 0 Å². The van der Waals surface area contributed by atoms with Crippen LogP contribution in [-0.2, 0) is 12.0 Å². The fourth-order valence-electron chi connectivity index (χ4n) is 3.42. The topological polar surface area (TPSA) is 60.1 Å². The van der Waals surface area contributed by atoms with Crippen molar-refractivity contribution in [1.82, 2.24) is 19.2 Å². The van der Waals surface area contributed by atoms with Gasteiger partial charge in [0.25, 0.3) is 0 Å². The molecule has 1 aromatic rings. The molecule has 1 saturated heterocycles. The smallest absolute Gasteiger partial charge is 0.306 e. The van der Waals surface area contributed by atoms with Crippen molar-refractivity contribution in [2.24, 2.45) is 0 Å². The van der Waals surface area contributed by atoms with Gasteiger partial charge in [0.05, 0.1) is 6.04 Å². The van der Waals surface area contributed by atoms with Gasteiger partial charge in [-0.3, -0.25) is 14.2 Å². The molecule has 0 amide bonds. The molecule has 3 rings (SSSR count). The van der Waals surface area contributed by atoms with Crippen LogP contribution in [0.4, 0.5) is 0 Å². The van der Waals surface area contributed by atoms with E-state index in [-0.39, 0.29) is 11.5 Å². The highest BCUT2D eigenvalue weighted by Crippen LogP contribution is 2.40. The number of fused-ring (bicyclic) bond motifs is 2. The van der Waals surface area contributed by atoms with Gasteiger partial charge in [0.15, 0.2) is 0 Å². The Morgan fingerprint density at radius 2 is 1.65 bits per heavy atom. The van der Waals surface area contributed by atoms with Gasteiger partial charge in [0.1, 0.15) is 5.82 Å². The fourth-order valence-corrected chi connectivity index (χ4v) is 3.42. The van der Waals surface area contributed by atoms with Crippen LogP contribution in [-0.4, -0.2) is 39.4 Å². The highest BCUT2D eigenvalue weighted by atomic mass is 16.2. The van der Waals surface area contributed by atoms with Crippen molar-refractivity contribution in [3.8, 4) is 0 Å². The van der Waals surface area contributed by atoms with Crippen LogP contribution in [0.1, 0.15) is 45.0 Å². The molecular formula is C14H22N4O2. The molecular weight excluding hydrogens is 256 g/mol. The number of hydrogen-bond acceptors (Lipinski definition) is 4. The summed E-state index contributed by atoms with van der Waals surface area (Å²) < 4.78 is 2.98. The van der Waals surface area contributed by atoms with E-state index < -0.39 is 11.1 Å². The molecule has 0 radical (unpaired) electrons. The molecule has 0 saturated carbocycles. The monoisotopic (exact) mass is 278 g/mol. The maximum absolute atomic E-state index is 12.3. The Balaban J connectivity index is 2.14. The second kappa shape index (κ2) is 4.55. The summed E-state index contributed by atoms with van der Waals surface area (Å²) in [5.74, 6) is 0.837. The van der Waals surface area contributed by atoms with Crippen LogP contribution < -0.4 is 11.1 Å². The van der Waals surface area contributed by atoms with E-state index in [1.165, 1.54) is 4.68 Å². The molecule has 1 aromatic heterocycles. The molecule has 2 aliphatic rings. The first kappa shape index (κ1) is 13.5. The lowest BCUT2D eigenvalue weighted by molar-refractivity contribution is 0.181. The third-order valence-corrected chi connectivity index (χ3v) is 4.82. The van der Waals surface area contributed by atoms with E-state index in [1.807, 2.05) is 13.8 Å². The van der Waals surface area contributed by atoms with Crippen molar-refractivity contribution in [1.29, 1.82) is 0 Å². The van der Waals surface area contributed by atoms with Crippen molar-refractivity contribution < 1.29 is 0 Å². The Kier molecular flexibility index (Phi) is 3.08. The normalized spacial score (nSPS) is 21.6. The molecule has 6 nitrogen and oxygen atoms in total. The highest BCUT2D eigenvalue weighted by molar-refractivity contribution is 5.15. The summed E-state index contributed by atoms with van der Waals surface area (Å²) in [7, 11) is 2.12. The van der Waals surface area contributed by atoms with Gasteiger partial charge >= 0.3 is 11.1 Å². The van der Waals surface area contributed by atoms with E-state index in [0.717, 1.165) is 38.2 Å². The molecule has 3 heterocycles. The minimum atomic E-state index is -0.492. The van der Waals surface area contributed by atoms with Crippen LogP contribution in [0.15, 0.2) is 9.59 Å². The molecule has 0 aromatic carbocycles. The van der Waals surface area contributed by atoms with Gasteiger partial charge in [0.2, 0.25) is 0 Å². The first-order chi connectivity index (χ1) is 9.44. The quantitative estimate of drug-likeness (QED) is 0.696. The summed E-state index contributed by atoms with van der Waals surface area (Å²) in [5, 5.41) is 4.56. The molecule has 0 bridgehead atoms. The maximum atomic E-state index is 12.3. The predicted molar refractivity (Wildman–Crippen MR) is 76.2 cm³/mol. The Morgan fingerprint density at radius 1 is 1.05 bits per heavy atom. The Bertz CT molecular complexity index is 636. The minimum Gasteiger partial charge on any atom is -0.306 e. The van der Waals surface area contributed by atoms with E-state index in [4.69, 9.17) is 0 Å². The maximum Gasteiger partial charge on any atom is 0.332 e. The van der Waals surface area contributed by atoms with Gasteiger partial charge in [-0.25, -0.2) is 4.68 Å². The van der Waals surface area contributed by atoms with Crippen LogP contribution in [0.25, 0.3) is 0 Å². The first-order valence-electron chi connectivity index (χ1n) is 7.37. The van der Waals surface area contributed by atoms with E-state index in [9.17, 15) is 9.59 Å². The number of nitrogens with zero attached hydrogens (tertiary/aromatic N) is 4. The van der Waals surface area contributed by atoms with Crippen LogP contribution in [0.5, 0.6) is 0 Å². The molecule has 110 valence electrons. The predicted octanol–water partition coefficient (Wildman–Crippen LogP) is 0.353. The minimum absolute atomic E-state index is 0.00396. The summed E-state index contributed by atoms with van der Waals surface area (Å²) in [5.41, 5.74) is -0.899. The lowest BCUT2D eigenvalue weighted by atomic mass is 9.77. The van der Waals surface area contributed by atoms with E-state index in [0.29, 0.717) is 6.54 Å². The lowest BCUT2D eigenvalue weighted by Crippen LogP contribution is -2.47. The molecule has 0 N–H and O–H groups in total. The van der Waals surface area contributed by atoms with Crippen molar-refractivity contribution in [2.75, 3.05) is 20.1 Å². The summed E-state index contributed by atoms with van der Waals surface area (Å²) in [6, 6.07) is -0.0787. The first-order valence-corrected chi connectivity index (χ1v) is 7.37. The highest BCUT2D eigenvalue weighted by Gasteiger charge is 2.44. The van der Waals surface area contributed by atoms with Crippen molar-refractivity contribution in [2.45, 2.75) is 51.1 Å². The standard InChI is InChI=1S/C14H22N4O2/c1-10(2)18-12(20)11(19)17-9-6-14(13(17)15-18)4-7-16(3)8-5-14/h10H,4-9H2,1-3H3. The number of piperidine rings is 1. The Hall–Kier alpha value is -1.43. The number of aromatic nitrogens is 3. The van der Waals surface area contributed by atoms with Crippen molar-refractivity contribution in [3.63, 3.8) is 0 Å². The summed E-state index contributed by atoms with van der Waals surface area (Å²) in [4.78, 5) is 26.6. The summed E-state index contributed by atoms with van der Waals surface area (Å²) in [6.45, 7) is 6.47. The summed E-state index contributed by atoms with van der Waals surface area (Å²) in [6.07, 6.45) is 2.98. The second-order valence-electron chi connectivity index (χ2n) is 6.46. The van der Waals surface area contributed by atoms with E-state index in [2.05, 4.69) is 17.0 Å². The third kappa shape index (κ3) is 1.85. The fraction of sp³-hybridized carbons (Fsp3) is 0.786. The second-order valence-corrected chi connectivity index (χ2v) is 6.46. The largest absolute Gasteiger partial charge is 0.332 e. The molecule has 0 aliphatic carbocycles. The molecule has 20 heavy (non-hydrogen) atoms. The molecule has 2 aliphatic heterocycles. The molecule has 1 fully saturated rings. The van der Waals surface area contributed by atoms with Crippen LogP contribution >= 0.6 is 0 Å². The van der Waals surface area contributed by atoms with E-state index in [1.54, 1.807) is 4.57 Å². The number of hydrogen-bond donors (Lipinski definition) is 0. The average molecular weight is 278 g/mol. The molecule has 0 atom stereocenters. The van der Waals surface area contributed by atoms with Crippen LogP contribution in [0, 0.1) is 0 Å². The van der Waals surface area contributed by atoms with Gasteiger partial charge in [0, 0.05) is 12.0 Å². The molecule has 0 unspecified atom stereocenters. The summed E-state index contributed by atoms with van der Waals surface area (Å²) >= 11 is 0. The van der Waals surface area contributed by atoms with Crippen molar-refractivity contribution >= 4 is 0 Å². The van der Waals surface area contributed by atoms with Gasteiger partial charge in [-0.05, 0) is 53.2 Å².